The van der Waals surface area contributed by atoms with E-state index in [0.29, 0.717) is 30.1 Å². The van der Waals surface area contributed by atoms with Crippen molar-refractivity contribution in [2.45, 2.75) is 38.1 Å². The zero-order chi connectivity index (χ0) is 21.3. The highest BCUT2D eigenvalue weighted by Crippen LogP contribution is 2.24. The molecule has 3 rings (SSSR count). The largest absolute Gasteiger partial charge is 0.486 e. The first kappa shape index (κ1) is 21.6. The Bertz CT molecular complexity index is 986. The molecule has 0 fully saturated rings. The molecule has 0 bridgehead atoms. The van der Waals surface area contributed by atoms with Crippen molar-refractivity contribution in [1.29, 1.82) is 0 Å². The van der Waals surface area contributed by atoms with Gasteiger partial charge in [-0.2, -0.15) is 0 Å². The Morgan fingerprint density at radius 3 is 2.63 bits per heavy atom. The maximum Gasteiger partial charge on any atom is 0.234 e. The first-order valence-electron chi connectivity index (χ1n) is 9.81. The maximum atomic E-state index is 12.5. The molecule has 0 aliphatic heterocycles. The molecule has 0 saturated carbocycles. The summed E-state index contributed by atoms with van der Waals surface area (Å²) >= 11 is 1.35. The van der Waals surface area contributed by atoms with E-state index in [4.69, 9.17) is 4.74 Å². The van der Waals surface area contributed by atoms with Crippen LogP contribution in [0.2, 0.25) is 0 Å². The highest BCUT2D eigenvalue weighted by atomic mass is 32.2. The monoisotopic (exact) mass is 422 g/mol. The van der Waals surface area contributed by atoms with Gasteiger partial charge in [-0.1, -0.05) is 68.1 Å². The van der Waals surface area contributed by atoms with Crippen LogP contribution in [0.1, 0.15) is 31.2 Å². The first-order chi connectivity index (χ1) is 14.6. The second-order valence-corrected chi connectivity index (χ2v) is 7.92. The van der Waals surface area contributed by atoms with Gasteiger partial charge in [-0.25, -0.2) is 0 Å². The average molecular weight is 423 g/mol. The molecule has 1 heterocycles. The van der Waals surface area contributed by atoms with Crippen molar-refractivity contribution in [3.05, 3.63) is 78.6 Å². The molecule has 156 valence electrons. The Balaban J connectivity index is 1.63. The smallest absolute Gasteiger partial charge is 0.234 e. The van der Waals surface area contributed by atoms with Gasteiger partial charge in [0, 0.05) is 12.2 Å². The van der Waals surface area contributed by atoms with Gasteiger partial charge in [0.15, 0.2) is 11.0 Å². The lowest BCUT2D eigenvalue weighted by Gasteiger charge is -2.13. The van der Waals surface area contributed by atoms with Gasteiger partial charge in [0.2, 0.25) is 5.91 Å². The fraction of sp³-hybridized carbons (Fsp3) is 0.261. The lowest BCUT2D eigenvalue weighted by atomic mass is 10.0. The van der Waals surface area contributed by atoms with Crippen LogP contribution in [0, 0.1) is 0 Å². The number of rotatable bonds is 10. The minimum absolute atomic E-state index is 0.0802. The van der Waals surface area contributed by atoms with Gasteiger partial charge in [-0.15, -0.1) is 16.8 Å². The third-order valence-corrected chi connectivity index (χ3v) is 5.37. The normalized spacial score (nSPS) is 10.8. The molecule has 30 heavy (non-hydrogen) atoms. The van der Waals surface area contributed by atoms with Crippen LogP contribution in [-0.4, -0.2) is 26.4 Å². The number of carbonyl (C=O) groups is 1. The summed E-state index contributed by atoms with van der Waals surface area (Å²) in [6.45, 7) is 8.86. The molecule has 0 unspecified atom stereocenters. The standard InChI is InChI=1S/C23H26N4O2S/c1-4-14-27-21(15-29-18-10-6-5-7-11-18)25-26-23(27)30-16-22(28)24-20-13-9-8-12-19(20)17(2)3/h4-13,17H,1,14-16H2,2-3H3,(H,24,28). The molecule has 1 N–H and O–H groups in total. The minimum atomic E-state index is -0.0802. The second kappa shape index (κ2) is 10.6. The van der Waals surface area contributed by atoms with Gasteiger partial charge in [0.1, 0.15) is 12.4 Å². The lowest BCUT2D eigenvalue weighted by molar-refractivity contribution is -0.113. The maximum absolute atomic E-state index is 12.5. The summed E-state index contributed by atoms with van der Waals surface area (Å²) in [6.07, 6.45) is 1.78. The van der Waals surface area contributed by atoms with Crippen LogP contribution in [0.3, 0.4) is 0 Å². The lowest BCUT2D eigenvalue weighted by Crippen LogP contribution is -2.16. The third kappa shape index (κ3) is 5.73. The van der Waals surface area contributed by atoms with E-state index < -0.39 is 0 Å². The van der Waals surface area contributed by atoms with E-state index in [9.17, 15) is 4.79 Å². The predicted octanol–water partition coefficient (Wildman–Crippen LogP) is 4.90. The zero-order valence-electron chi connectivity index (χ0n) is 17.2. The molecule has 0 aliphatic rings. The van der Waals surface area contributed by atoms with Gasteiger partial charge >= 0.3 is 0 Å². The molecule has 0 aliphatic carbocycles. The number of carbonyl (C=O) groups excluding carboxylic acids is 1. The van der Waals surface area contributed by atoms with E-state index in [1.807, 2.05) is 59.2 Å². The minimum Gasteiger partial charge on any atom is -0.486 e. The number of amides is 1. The van der Waals surface area contributed by atoms with E-state index in [1.165, 1.54) is 11.8 Å². The number of benzene rings is 2. The predicted molar refractivity (Wildman–Crippen MR) is 121 cm³/mol. The SMILES string of the molecule is C=CCn1c(COc2ccccc2)nnc1SCC(=O)Nc1ccccc1C(C)C. The number of allylic oxidation sites excluding steroid dienone is 1. The van der Waals surface area contributed by atoms with E-state index >= 15 is 0 Å². The average Bonchev–Trinajstić information content (AvgIpc) is 3.13. The molecule has 0 atom stereocenters. The van der Waals surface area contributed by atoms with Crippen molar-refractivity contribution in [2.75, 3.05) is 11.1 Å². The summed E-state index contributed by atoms with van der Waals surface area (Å²) in [6, 6.07) is 17.4. The third-order valence-electron chi connectivity index (χ3n) is 4.41. The molecular formula is C23H26N4O2S. The number of hydrogen-bond donors (Lipinski definition) is 1. The Labute approximate surface area is 181 Å². The number of thioether (sulfide) groups is 1. The van der Waals surface area contributed by atoms with Gasteiger partial charge in [-0.05, 0) is 29.7 Å². The number of nitrogens with one attached hydrogen (secondary N) is 1. The summed E-state index contributed by atoms with van der Waals surface area (Å²) in [5.41, 5.74) is 1.97. The molecule has 3 aromatic rings. The van der Waals surface area contributed by atoms with E-state index in [1.54, 1.807) is 6.08 Å². The Hall–Kier alpha value is -3.06. The van der Waals surface area contributed by atoms with Crippen LogP contribution in [-0.2, 0) is 17.9 Å². The molecule has 7 heteroatoms. The molecular weight excluding hydrogens is 396 g/mol. The van der Waals surface area contributed by atoms with Crippen molar-refractivity contribution in [3.63, 3.8) is 0 Å². The van der Waals surface area contributed by atoms with Crippen LogP contribution in [0.25, 0.3) is 0 Å². The van der Waals surface area contributed by atoms with Crippen molar-refractivity contribution >= 4 is 23.4 Å². The van der Waals surface area contributed by atoms with Gasteiger partial charge in [-0.3, -0.25) is 9.36 Å². The molecule has 1 amide bonds. The number of nitrogens with zero attached hydrogens (tertiary/aromatic N) is 3. The number of para-hydroxylation sites is 2. The highest BCUT2D eigenvalue weighted by molar-refractivity contribution is 7.99. The summed E-state index contributed by atoms with van der Waals surface area (Å²) in [5, 5.41) is 12.1. The zero-order valence-corrected chi connectivity index (χ0v) is 18.1. The molecule has 2 aromatic carbocycles. The van der Waals surface area contributed by atoms with Gasteiger partial charge < -0.3 is 10.1 Å². The van der Waals surface area contributed by atoms with Gasteiger partial charge in [0.05, 0.1) is 5.75 Å². The topological polar surface area (TPSA) is 69.0 Å². The highest BCUT2D eigenvalue weighted by Gasteiger charge is 2.15. The van der Waals surface area contributed by atoms with Crippen LogP contribution < -0.4 is 10.1 Å². The Morgan fingerprint density at radius 2 is 1.90 bits per heavy atom. The number of hydrogen-bond acceptors (Lipinski definition) is 5. The van der Waals surface area contributed by atoms with E-state index in [-0.39, 0.29) is 11.7 Å². The van der Waals surface area contributed by atoms with Crippen molar-refractivity contribution < 1.29 is 9.53 Å². The fourth-order valence-electron chi connectivity index (χ4n) is 2.94. The molecule has 1 aromatic heterocycles. The van der Waals surface area contributed by atoms with Crippen molar-refractivity contribution in [2.24, 2.45) is 0 Å². The molecule has 0 radical (unpaired) electrons. The first-order valence-corrected chi connectivity index (χ1v) is 10.8. The van der Waals surface area contributed by atoms with Crippen LogP contribution in [0.4, 0.5) is 5.69 Å². The molecule has 0 saturated heterocycles. The van der Waals surface area contributed by atoms with Crippen LogP contribution in [0.15, 0.2) is 72.4 Å². The Kier molecular flexibility index (Phi) is 7.68. The second-order valence-electron chi connectivity index (χ2n) is 6.98. The number of ether oxygens (including phenoxy) is 1. The van der Waals surface area contributed by atoms with Crippen LogP contribution in [0.5, 0.6) is 5.75 Å². The molecule has 0 spiro atoms. The van der Waals surface area contributed by atoms with E-state index in [0.717, 1.165) is 17.0 Å². The van der Waals surface area contributed by atoms with Crippen LogP contribution >= 0.6 is 11.8 Å². The van der Waals surface area contributed by atoms with Crippen molar-refractivity contribution in [1.82, 2.24) is 14.8 Å². The fourth-order valence-corrected chi connectivity index (χ4v) is 3.71. The molecule has 6 nitrogen and oxygen atoms in total. The van der Waals surface area contributed by atoms with Crippen molar-refractivity contribution in [3.8, 4) is 5.75 Å². The van der Waals surface area contributed by atoms with Gasteiger partial charge in [0.25, 0.3) is 0 Å². The van der Waals surface area contributed by atoms with E-state index in [2.05, 4.69) is 35.9 Å². The number of aromatic nitrogens is 3. The summed E-state index contributed by atoms with van der Waals surface area (Å²) in [5.74, 6) is 1.94. The quantitative estimate of drug-likeness (QED) is 0.372. The Morgan fingerprint density at radius 1 is 1.17 bits per heavy atom. The summed E-state index contributed by atoms with van der Waals surface area (Å²) in [7, 11) is 0. The number of anilines is 1. The summed E-state index contributed by atoms with van der Waals surface area (Å²) in [4.78, 5) is 12.5. The summed E-state index contributed by atoms with van der Waals surface area (Å²) < 4.78 is 7.70.